The lowest BCUT2D eigenvalue weighted by molar-refractivity contribution is -0.124. The van der Waals surface area contributed by atoms with Gasteiger partial charge in [-0.05, 0) is 18.1 Å². The number of amides is 1. The van der Waals surface area contributed by atoms with E-state index in [1.54, 1.807) is 11.1 Å². The highest BCUT2D eigenvalue weighted by Gasteiger charge is 2.28. The number of nitrogens with zero attached hydrogens (tertiary/aromatic N) is 3. The van der Waals surface area contributed by atoms with Gasteiger partial charge in [0, 0.05) is 0 Å². The van der Waals surface area contributed by atoms with Gasteiger partial charge in [0.2, 0.25) is 5.91 Å². The van der Waals surface area contributed by atoms with Gasteiger partial charge in [0.25, 0.3) is 0 Å². The number of hydrogen-bond acceptors (Lipinski definition) is 4. The molecule has 1 aliphatic rings. The van der Waals surface area contributed by atoms with Crippen molar-refractivity contribution in [3.8, 4) is 0 Å². The Morgan fingerprint density at radius 3 is 2.61 bits per heavy atom. The lowest BCUT2D eigenvalue weighted by Crippen LogP contribution is -2.28. The maximum Gasteiger partial charge on any atom is 0.239 e. The van der Waals surface area contributed by atoms with Crippen LogP contribution in [-0.4, -0.2) is 27.9 Å². The predicted molar refractivity (Wildman–Crippen MR) is 95.7 cm³/mol. The monoisotopic (exact) mass is 323 g/mol. The minimum Gasteiger partial charge on any atom is -0.285 e. The Hall–Kier alpha value is -2.40. The summed E-state index contributed by atoms with van der Waals surface area (Å²) in [7, 11) is 0. The number of carbonyl (C=O) groups excluding carboxylic acids is 1. The zero-order chi connectivity index (χ0) is 16.1. The third-order valence-electron chi connectivity index (χ3n) is 3.47. The average molecular weight is 323 g/mol. The number of aryl methyl sites for hydroxylation is 1. The number of hydrogen-bond donors (Lipinski definition) is 0. The molecule has 5 heteroatoms. The highest BCUT2D eigenvalue weighted by molar-refractivity contribution is 8.15. The molecule has 0 aromatic heterocycles. The Balaban J connectivity index is 1.72. The smallest absolute Gasteiger partial charge is 0.239 e. The van der Waals surface area contributed by atoms with Crippen LogP contribution in [0.25, 0.3) is 0 Å². The van der Waals surface area contributed by atoms with Crippen LogP contribution in [0.1, 0.15) is 16.7 Å². The summed E-state index contributed by atoms with van der Waals surface area (Å²) in [6.45, 7) is 2.58. The normalized spacial score (nSPS) is 16.7. The standard InChI is InChI=1S/C18H17N3OS/c1-14-7-9-15(10-8-14)11-19-20-18-21(17(22)13-23-18)12-16-5-3-2-4-6-16/h2-11H,12-13H2,1H3/b19-11+,20-18-. The second-order valence-electron chi connectivity index (χ2n) is 5.29. The molecular formula is C18H17N3OS. The van der Waals surface area contributed by atoms with E-state index in [0.29, 0.717) is 17.5 Å². The van der Waals surface area contributed by atoms with Crippen LogP contribution >= 0.6 is 11.8 Å². The summed E-state index contributed by atoms with van der Waals surface area (Å²) in [5.74, 6) is 0.495. The predicted octanol–water partition coefficient (Wildman–Crippen LogP) is 3.46. The Labute approximate surface area is 139 Å². The quantitative estimate of drug-likeness (QED) is 0.639. The van der Waals surface area contributed by atoms with Crippen LogP contribution in [-0.2, 0) is 11.3 Å². The van der Waals surface area contributed by atoms with Gasteiger partial charge >= 0.3 is 0 Å². The van der Waals surface area contributed by atoms with E-state index in [1.165, 1.54) is 17.3 Å². The van der Waals surface area contributed by atoms with E-state index in [-0.39, 0.29) is 5.91 Å². The summed E-state index contributed by atoms with van der Waals surface area (Å²) in [6, 6.07) is 18.0. The van der Waals surface area contributed by atoms with Gasteiger partial charge < -0.3 is 0 Å². The van der Waals surface area contributed by atoms with Gasteiger partial charge in [0.15, 0.2) is 5.17 Å². The largest absolute Gasteiger partial charge is 0.285 e. The third kappa shape index (κ3) is 4.07. The van der Waals surface area contributed by atoms with Crippen molar-refractivity contribution >= 4 is 29.1 Å². The minimum atomic E-state index is 0.0724. The molecule has 0 aliphatic carbocycles. The van der Waals surface area contributed by atoms with Gasteiger partial charge in [-0.15, -0.1) is 5.10 Å². The summed E-state index contributed by atoms with van der Waals surface area (Å²) in [4.78, 5) is 13.7. The van der Waals surface area contributed by atoms with E-state index in [0.717, 1.165) is 11.1 Å². The number of rotatable bonds is 4. The lowest BCUT2D eigenvalue weighted by Gasteiger charge is -2.14. The second-order valence-corrected chi connectivity index (χ2v) is 6.23. The van der Waals surface area contributed by atoms with Crippen molar-refractivity contribution in [2.24, 2.45) is 10.2 Å². The van der Waals surface area contributed by atoms with Gasteiger partial charge in [-0.2, -0.15) is 5.10 Å². The van der Waals surface area contributed by atoms with Crippen molar-refractivity contribution in [3.05, 3.63) is 71.3 Å². The topological polar surface area (TPSA) is 45.0 Å². The molecule has 2 aromatic carbocycles. The van der Waals surface area contributed by atoms with Gasteiger partial charge in [0.1, 0.15) is 0 Å². The first-order chi connectivity index (χ1) is 11.2. The highest BCUT2D eigenvalue weighted by atomic mass is 32.2. The summed E-state index contributed by atoms with van der Waals surface area (Å²) >= 11 is 1.43. The maximum atomic E-state index is 12.0. The summed E-state index contributed by atoms with van der Waals surface area (Å²) in [5.41, 5.74) is 3.28. The summed E-state index contributed by atoms with van der Waals surface area (Å²) in [6.07, 6.45) is 1.70. The fraction of sp³-hybridized carbons (Fsp3) is 0.167. The van der Waals surface area contributed by atoms with E-state index in [4.69, 9.17) is 0 Å². The molecule has 3 rings (SSSR count). The molecule has 1 fully saturated rings. The van der Waals surface area contributed by atoms with Crippen molar-refractivity contribution < 1.29 is 4.79 Å². The van der Waals surface area contributed by atoms with Crippen LogP contribution in [0, 0.1) is 6.92 Å². The zero-order valence-corrected chi connectivity index (χ0v) is 13.7. The van der Waals surface area contributed by atoms with E-state index in [9.17, 15) is 4.79 Å². The minimum absolute atomic E-state index is 0.0724. The fourth-order valence-electron chi connectivity index (χ4n) is 2.19. The van der Waals surface area contributed by atoms with Crippen LogP contribution in [0.15, 0.2) is 64.8 Å². The van der Waals surface area contributed by atoms with Gasteiger partial charge in [-0.1, -0.05) is 71.9 Å². The molecule has 0 spiro atoms. The SMILES string of the molecule is Cc1ccc(/C=N/N=C2\SCC(=O)N2Cc2ccccc2)cc1. The molecule has 0 N–H and O–H groups in total. The van der Waals surface area contributed by atoms with Crippen LogP contribution < -0.4 is 0 Å². The van der Waals surface area contributed by atoms with Crippen molar-refractivity contribution in [1.29, 1.82) is 0 Å². The molecule has 0 bridgehead atoms. The van der Waals surface area contributed by atoms with Crippen LogP contribution in [0.3, 0.4) is 0 Å². The van der Waals surface area contributed by atoms with Crippen molar-refractivity contribution in [3.63, 3.8) is 0 Å². The summed E-state index contributed by atoms with van der Waals surface area (Å²) < 4.78 is 0. The Bertz CT molecular complexity index is 739. The van der Waals surface area contributed by atoms with Crippen molar-refractivity contribution in [1.82, 2.24) is 4.90 Å². The fourth-order valence-corrected chi connectivity index (χ4v) is 3.03. The average Bonchev–Trinajstić information content (AvgIpc) is 2.91. The lowest BCUT2D eigenvalue weighted by atomic mass is 10.2. The maximum absolute atomic E-state index is 12.0. The van der Waals surface area contributed by atoms with Crippen LogP contribution in [0.4, 0.5) is 0 Å². The summed E-state index contributed by atoms with van der Waals surface area (Å²) in [5, 5.41) is 9.01. The molecule has 1 heterocycles. The third-order valence-corrected chi connectivity index (χ3v) is 4.42. The number of carbonyl (C=O) groups is 1. The molecule has 1 saturated heterocycles. The molecule has 116 valence electrons. The zero-order valence-electron chi connectivity index (χ0n) is 12.8. The Kier molecular flexibility index (Phi) is 4.88. The van der Waals surface area contributed by atoms with E-state index in [1.807, 2.05) is 61.5 Å². The molecular weight excluding hydrogens is 306 g/mol. The molecule has 1 aliphatic heterocycles. The van der Waals surface area contributed by atoms with Crippen LogP contribution in [0.2, 0.25) is 0 Å². The number of thioether (sulfide) groups is 1. The Morgan fingerprint density at radius 2 is 1.87 bits per heavy atom. The molecule has 1 amide bonds. The molecule has 0 unspecified atom stereocenters. The van der Waals surface area contributed by atoms with E-state index in [2.05, 4.69) is 10.2 Å². The molecule has 0 saturated carbocycles. The van der Waals surface area contributed by atoms with Crippen molar-refractivity contribution in [2.45, 2.75) is 13.5 Å². The van der Waals surface area contributed by atoms with Crippen molar-refractivity contribution in [2.75, 3.05) is 5.75 Å². The molecule has 4 nitrogen and oxygen atoms in total. The molecule has 0 atom stereocenters. The molecule has 23 heavy (non-hydrogen) atoms. The number of benzene rings is 2. The Morgan fingerprint density at radius 1 is 1.13 bits per heavy atom. The van der Waals surface area contributed by atoms with Crippen LogP contribution in [0.5, 0.6) is 0 Å². The number of amidine groups is 1. The first-order valence-electron chi connectivity index (χ1n) is 7.37. The first-order valence-corrected chi connectivity index (χ1v) is 8.36. The second kappa shape index (κ2) is 7.24. The first kappa shape index (κ1) is 15.5. The van der Waals surface area contributed by atoms with Gasteiger partial charge in [0.05, 0.1) is 18.5 Å². The van der Waals surface area contributed by atoms with Gasteiger partial charge in [-0.25, -0.2) is 0 Å². The van der Waals surface area contributed by atoms with E-state index < -0.39 is 0 Å². The molecule has 0 radical (unpaired) electrons. The van der Waals surface area contributed by atoms with Gasteiger partial charge in [-0.3, -0.25) is 9.69 Å². The molecule has 2 aromatic rings. The highest BCUT2D eigenvalue weighted by Crippen LogP contribution is 2.21. The van der Waals surface area contributed by atoms with E-state index >= 15 is 0 Å².